The van der Waals surface area contributed by atoms with Crippen LogP contribution >= 0.6 is 0 Å². The van der Waals surface area contributed by atoms with Crippen LogP contribution in [0.2, 0.25) is 0 Å². The number of fused-ring (bicyclic) bond motifs is 1. The maximum Gasteiger partial charge on any atom is 0.416 e. The summed E-state index contributed by atoms with van der Waals surface area (Å²) >= 11 is 0. The highest BCUT2D eigenvalue weighted by Gasteiger charge is 2.37. The molecule has 0 amide bonds. The van der Waals surface area contributed by atoms with E-state index < -0.39 is 41.2 Å². The molecule has 43 heavy (non-hydrogen) atoms. The van der Waals surface area contributed by atoms with Gasteiger partial charge in [-0.15, -0.1) is 0 Å². The van der Waals surface area contributed by atoms with Gasteiger partial charge in [0.15, 0.2) is 0 Å². The second-order valence-electron chi connectivity index (χ2n) is 10.6. The highest BCUT2D eigenvalue weighted by molar-refractivity contribution is 5.83. The third-order valence-electron chi connectivity index (χ3n) is 7.65. The first-order valence-corrected chi connectivity index (χ1v) is 13.5. The third-order valence-corrected chi connectivity index (χ3v) is 7.65. The molecule has 1 fully saturated rings. The highest BCUT2D eigenvalue weighted by Crippen LogP contribution is 2.37. The normalized spacial score (nSPS) is 18.6. The number of benzene rings is 2. The van der Waals surface area contributed by atoms with Gasteiger partial charge in [-0.3, -0.25) is 14.7 Å². The minimum absolute atomic E-state index is 0.0248. The number of halogens is 7. The van der Waals surface area contributed by atoms with Crippen molar-refractivity contribution in [2.45, 2.75) is 44.2 Å². The Balaban J connectivity index is 1.43. The van der Waals surface area contributed by atoms with E-state index in [1.165, 1.54) is 13.3 Å². The van der Waals surface area contributed by atoms with Crippen molar-refractivity contribution >= 4 is 16.9 Å². The summed E-state index contributed by atoms with van der Waals surface area (Å²) in [5.74, 6) is 4.15. The molecule has 5 nitrogen and oxygen atoms in total. The van der Waals surface area contributed by atoms with Crippen LogP contribution in [0.1, 0.15) is 54.1 Å². The Bertz CT molecular complexity index is 1480. The van der Waals surface area contributed by atoms with Gasteiger partial charge in [-0.25, -0.2) is 4.39 Å². The van der Waals surface area contributed by atoms with Crippen molar-refractivity contribution in [3.05, 3.63) is 70.9 Å². The first-order chi connectivity index (χ1) is 20.2. The second-order valence-corrected chi connectivity index (χ2v) is 10.6. The van der Waals surface area contributed by atoms with Crippen LogP contribution in [0.3, 0.4) is 0 Å². The average Bonchev–Trinajstić information content (AvgIpc) is 2.94. The second kappa shape index (κ2) is 13.2. The number of nitrogens with zero attached hydrogens (tertiary/aromatic N) is 2. The lowest BCUT2D eigenvalue weighted by Crippen LogP contribution is -2.41. The van der Waals surface area contributed by atoms with Gasteiger partial charge < -0.3 is 9.84 Å². The fourth-order valence-corrected chi connectivity index (χ4v) is 5.48. The van der Waals surface area contributed by atoms with E-state index in [4.69, 9.17) is 4.74 Å². The molecular weight excluding hydrogens is 581 g/mol. The topological polar surface area (TPSA) is 62.7 Å². The lowest BCUT2D eigenvalue weighted by molar-refractivity contribution is -0.143. The maximum atomic E-state index is 15.5. The zero-order valence-electron chi connectivity index (χ0n) is 23.1. The Hall–Kier alpha value is -3.85. The van der Waals surface area contributed by atoms with E-state index in [0.29, 0.717) is 60.3 Å². The summed E-state index contributed by atoms with van der Waals surface area (Å²) in [6.07, 6.45) is -8.76. The lowest BCUT2D eigenvalue weighted by atomic mass is 9.79. The number of alkyl halides is 7. The van der Waals surface area contributed by atoms with Gasteiger partial charge >= 0.3 is 18.3 Å². The number of carbonyl (C=O) groups is 1. The number of carboxylic acids is 1. The first kappa shape index (κ1) is 32.1. The molecule has 1 aromatic heterocycles. The summed E-state index contributed by atoms with van der Waals surface area (Å²) in [6.45, 7) is 0.795. The molecule has 0 saturated carbocycles. The third kappa shape index (κ3) is 8.38. The van der Waals surface area contributed by atoms with E-state index in [1.807, 2.05) is 4.90 Å². The molecular formula is C31H29F7N2O3. The van der Waals surface area contributed by atoms with Gasteiger partial charge in [0.2, 0.25) is 0 Å². The minimum atomic E-state index is -4.97. The Morgan fingerprint density at radius 3 is 2.40 bits per heavy atom. The van der Waals surface area contributed by atoms with Crippen LogP contribution in [-0.2, 0) is 17.1 Å². The quantitative estimate of drug-likeness (QED) is 0.211. The van der Waals surface area contributed by atoms with E-state index in [-0.39, 0.29) is 37.3 Å². The molecule has 1 aliphatic rings. The standard InChI is InChI=1S/C31H29F7N2O3/c1-43-24-5-7-28-26(17-24)25(8-10-39-28)27(32)6-4-20-9-12-40(18-21(20)15-29(41)42)11-2-3-19-13-22(30(33,34)35)16-23(14-19)31(36,37)38/h5,7-8,10,13-14,16-17,20-21,27H,4,6,9,11-12,15,18H2,1H3,(H,41,42)/t20-,21+,27-/m1/s1. The van der Waals surface area contributed by atoms with Crippen LogP contribution in [0.25, 0.3) is 10.9 Å². The van der Waals surface area contributed by atoms with Gasteiger partial charge in [-0.1, -0.05) is 11.8 Å². The van der Waals surface area contributed by atoms with Crippen LogP contribution in [0.5, 0.6) is 5.75 Å². The van der Waals surface area contributed by atoms with Gasteiger partial charge in [0.25, 0.3) is 0 Å². The van der Waals surface area contributed by atoms with Crippen molar-refractivity contribution < 1.29 is 45.4 Å². The van der Waals surface area contributed by atoms with E-state index in [2.05, 4.69) is 16.8 Å². The average molecular weight is 611 g/mol. The predicted molar refractivity (Wildman–Crippen MR) is 145 cm³/mol. The van der Waals surface area contributed by atoms with Gasteiger partial charge in [0.1, 0.15) is 11.9 Å². The molecule has 2 aromatic carbocycles. The van der Waals surface area contributed by atoms with Crippen molar-refractivity contribution in [2.75, 3.05) is 26.7 Å². The summed E-state index contributed by atoms with van der Waals surface area (Å²) in [5.41, 5.74) is -2.22. The molecule has 3 aromatic rings. The molecule has 1 N–H and O–H groups in total. The van der Waals surface area contributed by atoms with Gasteiger partial charge in [-0.05, 0) is 85.7 Å². The number of hydrogen-bond acceptors (Lipinski definition) is 4. The lowest BCUT2D eigenvalue weighted by Gasteiger charge is -2.37. The Morgan fingerprint density at radius 2 is 1.77 bits per heavy atom. The zero-order chi connectivity index (χ0) is 31.4. The van der Waals surface area contributed by atoms with E-state index >= 15 is 4.39 Å². The fourth-order valence-electron chi connectivity index (χ4n) is 5.48. The van der Waals surface area contributed by atoms with Crippen LogP contribution in [-0.4, -0.2) is 47.7 Å². The van der Waals surface area contributed by atoms with Crippen molar-refractivity contribution in [1.82, 2.24) is 9.88 Å². The van der Waals surface area contributed by atoms with Crippen LogP contribution < -0.4 is 4.74 Å². The fraction of sp³-hybridized carbons (Fsp3) is 0.419. The summed E-state index contributed by atoms with van der Waals surface area (Å²) in [5, 5.41) is 10.1. The van der Waals surface area contributed by atoms with Crippen LogP contribution in [0.15, 0.2) is 48.7 Å². The largest absolute Gasteiger partial charge is 0.497 e. The molecule has 0 spiro atoms. The predicted octanol–water partition coefficient (Wildman–Crippen LogP) is 7.54. The number of methoxy groups -OCH3 is 1. The molecule has 0 unspecified atom stereocenters. The highest BCUT2D eigenvalue weighted by atomic mass is 19.4. The molecule has 4 rings (SSSR count). The van der Waals surface area contributed by atoms with Crippen LogP contribution in [0, 0.1) is 23.7 Å². The number of piperidine rings is 1. The first-order valence-electron chi connectivity index (χ1n) is 13.5. The smallest absolute Gasteiger partial charge is 0.416 e. The van der Waals surface area contributed by atoms with Crippen molar-refractivity contribution in [3.8, 4) is 17.6 Å². The summed E-state index contributed by atoms with van der Waals surface area (Å²) in [6, 6.07) is 8.00. The summed E-state index contributed by atoms with van der Waals surface area (Å²) in [4.78, 5) is 17.7. The number of carboxylic acid groups (broad SMARTS) is 1. The van der Waals surface area contributed by atoms with Crippen LogP contribution in [0.4, 0.5) is 30.7 Å². The van der Waals surface area contributed by atoms with E-state index in [1.54, 1.807) is 24.3 Å². The number of likely N-dealkylation sites (tertiary alicyclic amines) is 1. The number of ether oxygens (including phenoxy) is 1. The molecule has 0 radical (unpaired) electrons. The van der Waals surface area contributed by atoms with Gasteiger partial charge in [0.05, 0.1) is 30.3 Å². The van der Waals surface area contributed by atoms with E-state index in [0.717, 1.165) is 0 Å². The number of aliphatic carboxylic acids is 1. The maximum absolute atomic E-state index is 15.5. The number of rotatable bonds is 8. The molecule has 3 atom stereocenters. The number of hydrogen-bond donors (Lipinski definition) is 1. The molecule has 1 aliphatic heterocycles. The Kier molecular flexibility index (Phi) is 9.85. The Labute approximate surface area is 243 Å². The van der Waals surface area contributed by atoms with Crippen molar-refractivity contribution in [3.63, 3.8) is 0 Å². The molecule has 0 bridgehead atoms. The SMILES string of the molecule is COc1ccc2nccc([C@H](F)CC[C@@H]3CCN(CC#Cc4cc(C(F)(F)F)cc(C(F)(F)F)c4)C[C@@H]3CC(=O)O)c2c1. The summed E-state index contributed by atoms with van der Waals surface area (Å²) < 4.78 is 99.6. The Morgan fingerprint density at radius 1 is 1.07 bits per heavy atom. The van der Waals surface area contributed by atoms with E-state index in [9.17, 15) is 36.2 Å². The number of aromatic nitrogens is 1. The van der Waals surface area contributed by atoms with Crippen molar-refractivity contribution in [2.24, 2.45) is 11.8 Å². The molecule has 0 aliphatic carbocycles. The van der Waals surface area contributed by atoms with Gasteiger partial charge in [-0.2, -0.15) is 26.3 Å². The number of pyridine rings is 1. The summed E-state index contributed by atoms with van der Waals surface area (Å²) in [7, 11) is 1.51. The molecule has 12 heteroatoms. The minimum Gasteiger partial charge on any atom is -0.497 e. The molecule has 230 valence electrons. The van der Waals surface area contributed by atoms with Crippen molar-refractivity contribution in [1.29, 1.82) is 0 Å². The van der Waals surface area contributed by atoms with Gasteiger partial charge in [0, 0.05) is 30.1 Å². The molecule has 1 saturated heterocycles. The zero-order valence-corrected chi connectivity index (χ0v) is 23.1. The molecule has 2 heterocycles. The monoisotopic (exact) mass is 610 g/mol.